The Hall–Kier alpha value is -2.53. The Labute approximate surface area is 123 Å². The van der Waals surface area contributed by atoms with Crippen molar-refractivity contribution in [2.75, 3.05) is 12.3 Å². The molecule has 0 unspecified atom stereocenters. The van der Waals surface area contributed by atoms with E-state index in [2.05, 4.69) is 4.98 Å². The van der Waals surface area contributed by atoms with Crippen LogP contribution >= 0.6 is 0 Å². The topological polar surface area (TPSA) is 78.6 Å². The Morgan fingerprint density at radius 3 is 2.81 bits per heavy atom. The van der Waals surface area contributed by atoms with E-state index in [4.69, 9.17) is 16.2 Å². The van der Waals surface area contributed by atoms with Crippen LogP contribution in [0.2, 0.25) is 0 Å². The van der Waals surface area contributed by atoms with Crippen molar-refractivity contribution in [2.24, 2.45) is 5.73 Å². The first-order valence-corrected chi connectivity index (χ1v) is 6.93. The summed E-state index contributed by atoms with van der Waals surface area (Å²) < 4.78 is 7.49. The van der Waals surface area contributed by atoms with Crippen LogP contribution in [0, 0.1) is 0 Å². The number of nitrogens with two attached hydrogens (primary N) is 2. The Kier molecular flexibility index (Phi) is 3.50. The molecule has 0 saturated heterocycles. The summed E-state index contributed by atoms with van der Waals surface area (Å²) in [6.07, 6.45) is 1.98. The molecule has 0 amide bonds. The van der Waals surface area contributed by atoms with Gasteiger partial charge in [0.2, 0.25) is 0 Å². The lowest BCUT2D eigenvalue weighted by atomic mass is 10.2. The molecule has 1 aromatic carbocycles. The molecular formula is C16H18N4O. The van der Waals surface area contributed by atoms with Crippen LogP contribution in [0.5, 0.6) is 5.75 Å². The first kappa shape index (κ1) is 13.5. The van der Waals surface area contributed by atoms with Crippen molar-refractivity contribution in [3.05, 3.63) is 48.3 Å². The number of aromatic nitrogens is 2. The lowest BCUT2D eigenvalue weighted by Gasteiger charge is -2.08. The van der Waals surface area contributed by atoms with Crippen molar-refractivity contribution in [3.63, 3.8) is 0 Å². The van der Waals surface area contributed by atoms with Gasteiger partial charge in [0.25, 0.3) is 0 Å². The van der Waals surface area contributed by atoms with Crippen molar-refractivity contribution >= 4 is 11.2 Å². The summed E-state index contributed by atoms with van der Waals surface area (Å²) in [6.45, 7) is 2.93. The fourth-order valence-corrected chi connectivity index (χ4v) is 2.43. The molecule has 0 aliphatic heterocycles. The number of ether oxygens (including phenoxy) is 1. The zero-order chi connectivity index (χ0) is 14.8. The maximum atomic E-state index is 6.04. The smallest absolute Gasteiger partial charge is 0.144 e. The number of pyridine rings is 1. The maximum Gasteiger partial charge on any atom is 0.144 e. The number of benzene rings is 1. The van der Waals surface area contributed by atoms with E-state index in [0.717, 1.165) is 22.6 Å². The summed E-state index contributed by atoms with van der Waals surface area (Å²) in [5.41, 5.74) is 15.3. The van der Waals surface area contributed by atoms with Gasteiger partial charge in [-0.15, -0.1) is 0 Å². The third kappa shape index (κ3) is 2.32. The van der Waals surface area contributed by atoms with Crippen LogP contribution in [-0.2, 0) is 6.54 Å². The summed E-state index contributed by atoms with van der Waals surface area (Å²) in [7, 11) is 0. The normalized spacial score (nSPS) is 11.0. The summed E-state index contributed by atoms with van der Waals surface area (Å²) in [5, 5.41) is 0. The standard InChI is InChI=1S/C16H18N4O/c1-2-21-15-7-6-11(9-12(15)18)16-19-13(10-17)14-5-3-4-8-20(14)16/h3-9H,2,10,17-18H2,1H3. The zero-order valence-corrected chi connectivity index (χ0v) is 11.9. The van der Waals surface area contributed by atoms with Crippen LogP contribution in [0.1, 0.15) is 12.6 Å². The second kappa shape index (κ2) is 5.46. The van der Waals surface area contributed by atoms with Crippen LogP contribution in [0.4, 0.5) is 5.69 Å². The Morgan fingerprint density at radius 1 is 1.24 bits per heavy atom. The highest BCUT2D eigenvalue weighted by molar-refractivity contribution is 5.70. The van der Waals surface area contributed by atoms with Gasteiger partial charge in [0.1, 0.15) is 11.6 Å². The molecule has 0 bridgehead atoms. The second-order valence-electron chi connectivity index (χ2n) is 4.73. The number of hydrogen-bond acceptors (Lipinski definition) is 4. The molecule has 0 saturated carbocycles. The Morgan fingerprint density at radius 2 is 2.10 bits per heavy atom. The number of fused-ring (bicyclic) bond motifs is 1. The average molecular weight is 282 g/mol. The molecule has 3 rings (SSSR count). The monoisotopic (exact) mass is 282 g/mol. The average Bonchev–Trinajstić information content (AvgIpc) is 2.88. The molecule has 5 nitrogen and oxygen atoms in total. The van der Waals surface area contributed by atoms with Crippen molar-refractivity contribution < 1.29 is 4.74 Å². The fourth-order valence-electron chi connectivity index (χ4n) is 2.43. The summed E-state index contributed by atoms with van der Waals surface area (Å²) in [5.74, 6) is 1.53. The van der Waals surface area contributed by atoms with Gasteiger partial charge in [0.05, 0.1) is 23.5 Å². The van der Waals surface area contributed by atoms with E-state index in [-0.39, 0.29) is 0 Å². The van der Waals surface area contributed by atoms with E-state index in [1.54, 1.807) is 0 Å². The molecule has 0 atom stereocenters. The van der Waals surface area contributed by atoms with Gasteiger partial charge in [-0.25, -0.2) is 4.98 Å². The molecule has 2 aromatic heterocycles. The lowest BCUT2D eigenvalue weighted by molar-refractivity contribution is 0.342. The number of nitrogens with zero attached hydrogens (tertiary/aromatic N) is 2. The van der Waals surface area contributed by atoms with Gasteiger partial charge in [0, 0.05) is 18.3 Å². The fraction of sp³-hybridized carbons (Fsp3) is 0.188. The predicted octanol–water partition coefficient (Wildman–Crippen LogP) is 2.44. The van der Waals surface area contributed by atoms with E-state index >= 15 is 0 Å². The van der Waals surface area contributed by atoms with Gasteiger partial charge in [-0.1, -0.05) is 6.07 Å². The number of anilines is 1. The van der Waals surface area contributed by atoms with Crippen molar-refractivity contribution in [1.29, 1.82) is 0 Å². The molecule has 0 radical (unpaired) electrons. The van der Waals surface area contributed by atoms with Gasteiger partial charge in [-0.3, -0.25) is 4.40 Å². The van der Waals surface area contributed by atoms with E-state index in [1.165, 1.54) is 0 Å². The van der Waals surface area contributed by atoms with E-state index in [1.807, 2.05) is 53.9 Å². The van der Waals surface area contributed by atoms with E-state index in [9.17, 15) is 0 Å². The summed E-state index contributed by atoms with van der Waals surface area (Å²) in [6, 6.07) is 11.7. The van der Waals surface area contributed by atoms with Crippen LogP contribution in [0.15, 0.2) is 42.6 Å². The van der Waals surface area contributed by atoms with Crippen molar-refractivity contribution in [3.8, 4) is 17.1 Å². The molecule has 5 heteroatoms. The molecule has 0 aliphatic carbocycles. The summed E-state index contributed by atoms with van der Waals surface area (Å²) in [4.78, 5) is 4.64. The number of imidazole rings is 1. The van der Waals surface area contributed by atoms with Crippen molar-refractivity contribution in [1.82, 2.24) is 9.38 Å². The van der Waals surface area contributed by atoms with Crippen LogP contribution in [-0.4, -0.2) is 16.0 Å². The van der Waals surface area contributed by atoms with Crippen molar-refractivity contribution in [2.45, 2.75) is 13.5 Å². The van der Waals surface area contributed by atoms with Crippen LogP contribution < -0.4 is 16.2 Å². The first-order valence-electron chi connectivity index (χ1n) is 6.93. The second-order valence-corrected chi connectivity index (χ2v) is 4.73. The Balaban J connectivity index is 2.14. The van der Waals surface area contributed by atoms with Gasteiger partial charge in [0.15, 0.2) is 0 Å². The molecule has 0 aliphatic rings. The maximum absolute atomic E-state index is 6.04. The number of nitrogen functional groups attached to an aromatic ring is 1. The van der Waals surface area contributed by atoms with Gasteiger partial charge in [-0.05, 0) is 37.3 Å². The van der Waals surface area contributed by atoms with Crippen LogP contribution in [0.3, 0.4) is 0 Å². The van der Waals surface area contributed by atoms with Gasteiger partial charge < -0.3 is 16.2 Å². The molecule has 108 valence electrons. The highest BCUT2D eigenvalue weighted by Crippen LogP contribution is 2.29. The van der Waals surface area contributed by atoms with Gasteiger partial charge >= 0.3 is 0 Å². The molecular weight excluding hydrogens is 264 g/mol. The summed E-state index contributed by atoms with van der Waals surface area (Å²) >= 11 is 0. The molecule has 3 aromatic rings. The van der Waals surface area contributed by atoms with Gasteiger partial charge in [-0.2, -0.15) is 0 Å². The molecule has 0 fully saturated rings. The van der Waals surface area contributed by atoms with E-state index in [0.29, 0.717) is 24.6 Å². The third-order valence-corrected chi connectivity index (χ3v) is 3.39. The third-order valence-electron chi connectivity index (χ3n) is 3.39. The molecule has 4 N–H and O–H groups in total. The zero-order valence-electron chi connectivity index (χ0n) is 11.9. The Bertz CT molecular complexity index is 779. The minimum absolute atomic E-state index is 0.403. The number of rotatable bonds is 4. The minimum Gasteiger partial charge on any atom is -0.492 e. The highest BCUT2D eigenvalue weighted by atomic mass is 16.5. The van der Waals surface area contributed by atoms with Crippen LogP contribution in [0.25, 0.3) is 16.9 Å². The van der Waals surface area contributed by atoms with E-state index < -0.39 is 0 Å². The largest absolute Gasteiger partial charge is 0.492 e. The number of hydrogen-bond donors (Lipinski definition) is 2. The lowest BCUT2D eigenvalue weighted by Crippen LogP contribution is -1.98. The molecule has 2 heterocycles. The minimum atomic E-state index is 0.403. The SMILES string of the molecule is CCOc1ccc(-c2nc(CN)c3ccccn23)cc1N. The quantitative estimate of drug-likeness (QED) is 0.720. The first-order chi connectivity index (χ1) is 10.2. The highest BCUT2D eigenvalue weighted by Gasteiger charge is 2.12. The molecule has 0 spiro atoms. The molecule has 21 heavy (non-hydrogen) atoms. The predicted molar refractivity (Wildman–Crippen MR) is 84.1 cm³/mol.